The lowest BCUT2D eigenvalue weighted by Gasteiger charge is -2.29. The number of amides is 1. The Morgan fingerprint density at radius 2 is 1.83 bits per heavy atom. The van der Waals surface area contributed by atoms with Crippen LogP contribution in [0.25, 0.3) is 0 Å². The smallest absolute Gasteiger partial charge is 0.220 e. The molecule has 1 fully saturated rings. The largest absolute Gasteiger partial charge is 0.351 e. The van der Waals surface area contributed by atoms with E-state index < -0.39 is 0 Å². The van der Waals surface area contributed by atoms with E-state index in [4.69, 9.17) is 0 Å². The fraction of sp³-hybridized carbons (Fsp3) is 0.929. The lowest BCUT2D eigenvalue weighted by Crippen LogP contribution is -2.45. The molecular weight excluding hydrogens is 248 g/mol. The van der Waals surface area contributed by atoms with Crippen molar-refractivity contribution in [2.45, 2.75) is 64.8 Å². The van der Waals surface area contributed by atoms with Crippen molar-refractivity contribution in [3.8, 4) is 0 Å². The van der Waals surface area contributed by atoms with E-state index >= 15 is 0 Å². The van der Waals surface area contributed by atoms with Gasteiger partial charge >= 0.3 is 0 Å². The maximum Gasteiger partial charge on any atom is 0.220 e. The fourth-order valence-electron chi connectivity index (χ4n) is 2.33. The third-order valence-corrected chi connectivity index (χ3v) is 4.24. The van der Waals surface area contributed by atoms with Crippen LogP contribution in [0.5, 0.6) is 0 Å². The zero-order valence-electron chi connectivity index (χ0n) is 12.1. The third-order valence-electron chi connectivity index (χ3n) is 4.24. The highest BCUT2D eigenvalue weighted by molar-refractivity contribution is 5.85. The van der Waals surface area contributed by atoms with Crippen LogP contribution in [0.1, 0.15) is 59.3 Å². The first kappa shape index (κ1) is 17.7. The molecule has 0 atom stereocenters. The van der Waals surface area contributed by atoms with Gasteiger partial charge in [-0.3, -0.25) is 4.79 Å². The second-order valence-electron chi connectivity index (χ2n) is 5.55. The number of hydrogen-bond acceptors (Lipinski definition) is 2. The van der Waals surface area contributed by atoms with Crippen molar-refractivity contribution in [2.24, 2.45) is 5.92 Å². The van der Waals surface area contributed by atoms with Crippen molar-refractivity contribution in [3.05, 3.63) is 0 Å². The SMILES string of the molecule is CCC(C)(CC)NC(=O)CCC1CCNCC1.Cl. The molecule has 1 heterocycles. The van der Waals surface area contributed by atoms with Crippen LogP contribution in [0.15, 0.2) is 0 Å². The van der Waals surface area contributed by atoms with Gasteiger partial charge in [-0.1, -0.05) is 13.8 Å². The summed E-state index contributed by atoms with van der Waals surface area (Å²) in [6.45, 7) is 8.64. The molecule has 0 aromatic heterocycles. The van der Waals surface area contributed by atoms with E-state index in [9.17, 15) is 4.79 Å². The normalized spacial score (nSPS) is 17.1. The number of rotatable bonds is 6. The third kappa shape index (κ3) is 6.05. The number of hydrogen-bond donors (Lipinski definition) is 2. The van der Waals surface area contributed by atoms with E-state index in [1.54, 1.807) is 0 Å². The Hall–Kier alpha value is -0.280. The highest BCUT2D eigenvalue weighted by atomic mass is 35.5. The summed E-state index contributed by atoms with van der Waals surface area (Å²) in [6, 6.07) is 0. The van der Waals surface area contributed by atoms with Crippen molar-refractivity contribution in [2.75, 3.05) is 13.1 Å². The fourth-order valence-corrected chi connectivity index (χ4v) is 2.33. The first-order valence-electron chi connectivity index (χ1n) is 7.11. The maximum atomic E-state index is 11.9. The number of carbonyl (C=O) groups excluding carboxylic acids is 1. The molecule has 0 radical (unpaired) electrons. The minimum atomic E-state index is -0.00873. The standard InChI is InChI=1S/C14H28N2O.ClH/c1-4-14(3,5-2)16-13(17)7-6-12-8-10-15-11-9-12;/h12,15H,4-11H2,1-3H3,(H,16,17);1H. The quantitative estimate of drug-likeness (QED) is 0.783. The maximum absolute atomic E-state index is 11.9. The molecule has 1 amide bonds. The number of piperidine rings is 1. The summed E-state index contributed by atoms with van der Waals surface area (Å²) in [5.74, 6) is 0.978. The zero-order valence-corrected chi connectivity index (χ0v) is 12.9. The first-order valence-corrected chi connectivity index (χ1v) is 7.11. The Bertz CT molecular complexity index is 236. The predicted molar refractivity (Wildman–Crippen MR) is 79.2 cm³/mol. The molecule has 108 valence electrons. The molecule has 0 saturated carbocycles. The van der Waals surface area contributed by atoms with Gasteiger partial charge in [0.15, 0.2) is 0 Å². The monoisotopic (exact) mass is 276 g/mol. The van der Waals surface area contributed by atoms with E-state index in [1.165, 1.54) is 12.8 Å². The average Bonchev–Trinajstić information content (AvgIpc) is 2.37. The van der Waals surface area contributed by atoms with Crippen molar-refractivity contribution < 1.29 is 4.79 Å². The second-order valence-corrected chi connectivity index (χ2v) is 5.55. The molecule has 0 aromatic rings. The number of halogens is 1. The van der Waals surface area contributed by atoms with Gasteiger partial charge in [-0.05, 0) is 58.0 Å². The molecule has 0 spiro atoms. The van der Waals surface area contributed by atoms with Crippen LogP contribution in [-0.4, -0.2) is 24.5 Å². The van der Waals surface area contributed by atoms with Crippen LogP contribution in [0.2, 0.25) is 0 Å². The van der Waals surface area contributed by atoms with Gasteiger partial charge in [-0.15, -0.1) is 12.4 Å². The topological polar surface area (TPSA) is 41.1 Å². The van der Waals surface area contributed by atoms with Gasteiger partial charge in [0.1, 0.15) is 0 Å². The molecule has 3 nitrogen and oxygen atoms in total. The molecule has 0 aliphatic carbocycles. The highest BCUT2D eigenvalue weighted by Gasteiger charge is 2.22. The summed E-state index contributed by atoms with van der Waals surface area (Å²) in [6.07, 6.45) is 6.21. The van der Waals surface area contributed by atoms with Crippen molar-refractivity contribution in [1.29, 1.82) is 0 Å². The molecule has 1 rings (SSSR count). The Morgan fingerprint density at radius 3 is 2.33 bits per heavy atom. The summed E-state index contributed by atoms with van der Waals surface area (Å²) in [7, 11) is 0. The van der Waals surface area contributed by atoms with E-state index in [0.29, 0.717) is 6.42 Å². The Balaban J connectivity index is 0.00000289. The second kappa shape index (κ2) is 8.76. The molecule has 1 aliphatic rings. The van der Waals surface area contributed by atoms with Crippen LogP contribution in [0, 0.1) is 5.92 Å². The van der Waals surface area contributed by atoms with Crippen LogP contribution in [0.4, 0.5) is 0 Å². The highest BCUT2D eigenvalue weighted by Crippen LogP contribution is 2.19. The van der Waals surface area contributed by atoms with Gasteiger partial charge in [-0.2, -0.15) is 0 Å². The van der Waals surface area contributed by atoms with Crippen LogP contribution < -0.4 is 10.6 Å². The van der Waals surface area contributed by atoms with Gasteiger partial charge in [0.25, 0.3) is 0 Å². The number of nitrogens with one attached hydrogen (secondary N) is 2. The summed E-state index contributed by atoms with van der Waals surface area (Å²) in [4.78, 5) is 11.9. The van der Waals surface area contributed by atoms with E-state index in [-0.39, 0.29) is 23.9 Å². The molecule has 2 N–H and O–H groups in total. The number of carbonyl (C=O) groups is 1. The van der Waals surface area contributed by atoms with Gasteiger partial charge in [-0.25, -0.2) is 0 Å². The molecule has 1 aliphatic heterocycles. The Labute approximate surface area is 118 Å². The van der Waals surface area contributed by atoms with E-state index in [1.807, 2.05) is 0 Å². The summed E-state index contributed by atoms with van der Waals surface area (Å²) in [5.41, 5.74) is -0.00873. The van der Waals surface area contributed by atoms with Crippen LogP contribution >= 0.6 is 12.4 Å². The van der Waals surface area contributed by atoms with E-state index in [2.05, 4.69) is 31.4 Å². The average molecular weight is 277 g/mol. The molecule has 1 saturated heterocycles. The van der Waals surface area contributed by atoms with Crippen LogP contribution in [-0.2, 0) is 4.79 Å². The summed E-state index contributed by atoms with van der Waals surface area (Å²) < 4.78 is 0. The Kier molecular flexibility index (Phi) is 8.62. The molecule has 0 bridgehead atoms. The minimum Gasteiger partial charge on any atom is -0.351 e. The van der Waals surface area contributed by atoms with Crippen molar-refractivity contribution in [3.63, 3.8) is 0 Å². The predicted octanol–water partition coefficient (Wildman–Crippen LogP) is 2.88. The molecule has 0 aromatic carbocycles. The summed E-state index contributed by atoms with van der Waals surface area (Å²) >= 11 is 0. The lowest BCUT2D eigenvalue weighted by atomic mass is 9.92. The van der Waals surface area contributed by atoms with Gasteiger partial charge in [0.2, 0.25) is 5.91 Å². The zero-order chi connectivity index (χ0) is 12.7. The van der Waals surface area contributed by atoms with Crippen molar-refractivity contribution in [1.82, 2.24) is 10.6 Å². The molecule has 18 heavy (non-hydrogen) atoms. The van der Waals surface area contributed by atoms with Gasteiger partial charge in [0, 0.05) is 12.0 Å². The molecule has 0 unspecified atom stereocenters. The lowest BCUT2D eigenvalue weighted by molar-refractivity contribution is -0.123. The summed E-state index contributed by atoms with van der Waals surface area (Å²) in [5, 5.41) is 6.54. The van der Waals surface area contributed by atoms with Gasteiger partial charge in [0.05, 0.1) is 0 Å². The minimum absolute atomic E-state index is 0. The Morgan fingerprint density at radius 1 is 1.28 bits per heavy atom. The van der Waals surface area contributed by atoms with Crippen LogP contribution in [0.3, 0.4) is 0 Å². The van der Waals surface area contributed by atoms with Crippen molar-refractivity contribution >= 4 is 18.3 Å². The first-order chi connectivity index (χ1) is 8.09. The van der Waals surface area contributed by atoms with Gasteiger partial charge < -0.3 is 10.6 Å². The van der Waals surface area contributed by atoms with E-state index in [0.717, 1.165) is 38.3 Å². The molecular formula is C14H29ClN2O. The molecule has 4 heteroatoms.